The number of nitrogens with one attached hydrogen (secondary N) is 2. The quantitative estimate of drug-likeness (QED) is 0.836. The Morgan fingerprint density at radius 1 is 0.833 bits per heavy atom. The third-order valence-corrected chi connectivity index (χ3v) is 4.40. The van der Waals surface area contributed by atoms with E-state index in [1.165, 1.54) is 11.8 Å². The number of thioether (sulfide) groups is 1. The lowest BCUT2D eigenvalue weighted by Crippen LogP contribution is -2.18. The Morgan fingerprint density at radius 3 is 2.08 bits per heavy atom. The molecule has 0 saturated carbocycles. The van der Waals surface area contributed by atoms with Gasteiger partial charge in [-0.3, -0.25) is 9.59 Å². The van der Waals surface area contributed by atoms with Crippen LogP contribution in [0.3, 0.4) is 0 Å². The lowest BCUT2D eigenvalue weighted by atomic mass is 10.1. The van der Waals surface area contributed by atoms with E-state index < -0.39 is 0 Å². The van der Waals surface area contributed by atoms with Crippen LogP contribution in [0.4, 0.5) is 11.4 Å². The molecule has 2 N–H and O–H groups in total. The van der Waals surface area contributed by atoms with Crippen LogP contribution in [0.15, 0.2) is 42.5 Å². The van der Waals surface area contributed by atoms with Crippen molar-refractivity contribution >= 4 is 35.0 Å². The normalized spacial score (nSPS) is 10.3. The summed E-state index contributed by atoms with van der Waals surface area (Å²) in [6.07, 6.45) is 0. The lowest BCUT2D eigenvalue weighted by Gasteiger charge is -2.09. The highest BCUT2D eigenvalue weighted by molar-refractivity contribution is 8.00. The van der Waals surface area contributed by atoms with E-state index in [0.29, 0.717) is 0 Å². The molecule has 2 aromatic rings. The molecule has 0 fully saturated rings. The third kappa shape index (κ3) is 5.74. The van der Waals surface area contributed by atoms with Crippen LogP contribution in [-0.4, -0.2) is 23.3 Å². The molecule has 0 radical (unpaired) electrons. The van der Waals surface area contributed by atoms with Gasteiger partial charge < -0.3 is 10.6 Å². The van der Waals surface area contributed by atoms with Crippen LogP contribution in [0, 0.1) is 20.8 Å². The fraction of sp³-hybridized carbons (Fsp3) is 0.263. The van der Waals surface area contributed by atoms with E-state index in [4.69, 9.17) is 0 Å². The molecule has 0 aromatic heterocycles. The molecule has 2 amide bonds. The standard InChI is InChI=1S/C19H22N2O2S/c1-13-5-8-16(9-6-13)20-18(22)11-24-12-19(23)21-17-10-14(2)4-7-15(17)3/h4-10H,11-12H2,1-3H3,(H,20,22)(H,21,23). The van der Waals surface area contributed by atoms with Gasteiger partial charge in [0, 0.05) is 11.4 Å². The van der Waals surface area contributed by atoms with Crippen molar-refractivity contribution in [1.29, 1.82) is 0 Å². The van der Waals surface area contributed by atoms with E-state index in [1.807, 2.05) is 63.2 Å². The average molecular weight is 342 g/mol. The minimum atomic E-state index is -0.108. The zero-order chi connectivity index (χ0) is 17.5. The average Bonchev–Trinajstić information content (AvgIpc) is 2.53. The van der Waals surface area contributed by atoms with Crippen LogP contribution in [-0.2, 0) is 9.59 Å². The van der Waals surface area contributed by atoms with Crippen molar-refractivity contribution in [3.8, 4) is 0 Å². The van der Waals surface area contributed by atoms with Gasteiger partial charge in [-0.2, -0.15) is 0 Å². The van der Waals surface area contributed by atoms with Crippen LogP contribution in [0.25, 0.3) is 0 Å². The number of carbonyl (C=O) groups is 2. The fourth-order valence-corrected chi connectivity index (χ4v) is 2.74. The topological polar surface area (TPSA) is 58.2 Å². The molecule has 0 aliphatic heterocycles. The summed E-state index contributed by atoms with van der Waals surface area (Å²) in [7, 11) is 0. The SMILES string of the molecule is Cc1ccc(NC(=O)CSCC(=O)Nc2cc(C)ccc2C)cc1. The minimum Gasteiger partial charge on any atom is -0.325 e. The molecule has 0 spiro atoms. The van der Waals surface area contributed by atoms with Gasteiger partial charge in [-0.25, -0.2) is 0 Å². The summed E-state index contributed by atoms with van der Waals surface area (Å²) in [6.45, 7) is 5.94. The van der Waals surface area contributed by atoms with Crippen LogP contribution in [0.5, 0.6) is 0 Å². The van der Waals surface area contributed by atoms with Crippen LogP contribution in [0.2, 0.25) is 0 Å². The van der Waals surface area contributed by atoms with Crippen molar-refractivity contribution in [2.45, 2.75) is 20.8 Å². The Balaban J connectivity index is 1.75. The fourth-order valence-electron chi connectivity index (χ4n) is 2.13. The van der Waals surface area contributed by atoms with Crippen molar-refractivity contribution in [1.82, 2.24) is 0 Å². The molecule has 126 valence electrons. The zero-order valence-electron chi connectivity index (χ0n) is 14.2. The number of benzene rings is 2. The Bertz CT molecular complexity index is 727. The van der Waals surface area contributed by atoms with E-state index in [2.05, 4.69) is 10.6 Å². The minimum absolute atomic E-state index is 0.100. The van der Waals surface area contributed by atoms with Gasteiger partial charge in [0.25, 0.3) is 0 Å². The first-order chi connectivity index (χ1) is 11.4. The summed E-state index contributed by atoms with van der Waals surface area (Å²) in [5, 5.41) is 5.71. The van der Waals surface area contributed by atoms with Crippen molar-refractivity contribution in [3.05, 3.63) is 59.2 Å². The molecule has 0 atom stereocenters. The van der Waals surface area contributed by atoms with Gasteiger partial charge >= 0.3 is 0 Å². The summed E-state index contributed by atoms with van der Waals surface area (Å²) >= 11 is 1.30. The largest absolute Gasteiger partial charge is 0.325 e. The molecule has 0 unspecified atom stereocenters. The highest BCUT2D eigenvalue weighted by Crippen LogP contribution is 2.17. The van der Waals surface area contributed by atoms with E-state index in [1.54, 1.807) is 0 Å². The van der Waals surface area contributed by atoms with Crippen molar-refractivity contribution in [2.24, 2.45) is 0 Å². The van der Waals surface area contributed by atoms with E-state index in [-0.39, 0.29) is 23.3 Å². The van der Waals surface area contributed by atoms with Crippen molar-refractivity contribution in [3.63, 3.8) is 0 Å². The Labute approximate surface area is 147 Å². The third-order valence-electron chi connectivity index (χ3n) is 3.47. The summed E-state index contributed by atoms with van der Waals surface area (Å²) in [5.74, 6) is 0.281. The monoisotopic (exact) mass is 342 g/mol. The molecule has 0 aliphatic carbocycles. The molecule has 0 aliphatic rings. The van der Waals surface area contributed by atoms with E-state index in [0.717, 1.165) is 28.1 Å². The van der Waals surface area contributed by atoms with Crippen LogP contribution in [0.1, 0.15) is 16.7 Å². The molecule has 0 saturated heterocycles. The van der Waals surface area contributed by atoms with Gasteiger partial charge in [-0.05, 0) is 50.1 Å². The van der Waals surface area contributed by atoms with Crippen molar-refractivity contribution in [2.75, 3.05) is 22.1 Å². The number of hydrogen-bond acceptors (Lipinski definition) is 3. The molecular weight excluding hydrogens is 320 g/mol. The highest BCUT2D eigenvalue weighted by atomic mass is 32.2. The molecule has 4 nitrogen and oxygen atoms in total. The Kier molecular flexibility index (Phi) is 6.44. The second kappa shape index (κ2) is 8.55. The maximum Gasteiger partial charge on any atom is 0.234 e. The number of anilines is 2. The maximum atomic E-state index is 12.0. The second-order valence-corrected chi connectivity index (χ2v) is 6.76. The molecular formula is C19H22N2O2S. The molecule has 2 rings (SSSR count). The Morgan fingerprint density at radius 2 is 1.42 bits per heavy atom. The molecule has 5 heteroatoms. The maximum absolute atomic E-state index is 12.0. The number of rotatable bonds is 6. The summed E-state index contributed by atoms with van der Waals surface area (Å²) in [6, 6.07) is 13.6. The molecule has 0 bridgehead atoms. The van der Waals surface area contributed by atoms with Gasteiger partial charge in [-0.1, -0.05) is 29.8 Å². The summed E-state index contributed by atoms with van der Waals surface area (Å²) in [4.78, 5) is 23.9. The first-order valence-corrected chi connectivity index (χ1v) is 8.91. The van der Waals surface area contributed by atoms with Gasteiger partial charge in [0.15, 0.2) is 0 Å². The predicted octanol–water partition coefficient (Wildman–Crippen LogP) is 3.92. The van der Waals surface area contributed by atoms with Gasteiger partial charge in [0.1, 0.15) is 0 Å². The summed E-state index contributed by atoms with van der Waals surface area (Å²) in [5.41, 5.74) is 4.86. The first kappa shape index (κ1) is 18.1. The molecule has 0 heterocycles. The Hall–Kier alpha value is -2.27. The number of hydrogen-bond donors (Lipinski definition) is 2. The number of amides is 2. The second-order valence-electron chi connectivity index (χ2n) is 5.77. The molecule has 24 heavy (non-hydrogen) atoms. The van der Waals surface area contributed by atoms with E-state index in [9.17, 15) is 9.59 Å². The van der Waals surface area contributed by atoms with Crippen LogP contribution >= 0.6 is 11.8 Å². The lowest BCUT2D eigenvalue weighted by molar-refractivity contribution is -0.114. The molecule has 2 aromatic carbocycles. The van der Waals surface area contributed by atoms with Crippen LogP contribution < -0.4 is 10.6 Å². The van der Waals surface area contributed by atoms with Gasteiger partial charge in [-0.15, -0.1) is 11.8 Å². The van der Waals surface area contributed by atoms with Crippen molar-refractivity contribution < 1.29 is 9.59 Å². The smallest absolute Gasteiger partial charge is 0.234 e. The zero-order valence-corrected chi connectivity index (χ0v) is 15.0. The van der Waals surface area contributed by atoms with E-state index >= 15 is 0 Å². The van der Waals surface area contributed by atoms with Gasteiger partial charge in [0.2, 0.25) is 11.8 Å². The van der Waals surface area contributed by atoms with Gasteiger partial charge in [0.05, 0.1) is 11.5 Å². The highest BCUT2D eigenvalue weighted by Gasteiger charge is 2.08. The number of aryl methyl sites for hydroxylation is 3. The predicted molar refractivity (Wildman–Crippen MR) is 102 cm³/mol. The number of carbonyl (C=O) groups excluding carboxylic acids is 2. The summed E-state index contributed by atoms with van der Waals surface area (Å²) < 4.78 is 0. The first-order valence-electron chi connectivity index (χ1n) is 7.75.